The summed E-state index contributed by atoms with van der Waals surface area (Å²) in [6.45, 7) is 1.44. The predicted molar refractivity (Wildman–Crippen MR) is 96.5 cm³/mol. The highest BCUT2D eigenvalue weighted by Crippen LogP contribution is 2.45. The molecular formula is C19H17ClF3N3O2. The van der Waals surface area contributed by atoms with E-state index in [0.717, 1.165) is 10.9 Å². The van der Waals surface area contributed by atoms with Crippen LogP contribution < -0.4 is 0 Å². The monoisotopic (exact) mass is 411 g/mol. The van der Waals surface area contributed by atoms with Gasteiger partial charge in [0.1, 0.15) is 5.69 Å². The van der Waals surface area contributed by atoms with E-state index in [1.54, 1.807) is 24.3 Å². The van der Waals surface area contributed by atoms with Crippen LogP contribution in [0.3, 0.4) is 0 Å². The van der Waals surface area contributed by atoms with E-state index in [-0.39, 0.29) is 28.6 Å². The molecule has 0 amide bonds. The minimum atomic E-state index is -4.63. The number of aromatic nitrogens is 3. The lowest BCUT2D eigenvalue weighted by Gasteiger charge is -2.34. The van der Waals surface area contributed by atoms with E-state index in [4.69, 9.17) is 16.1 Å². The SMILES string of the molecule is CC1CC(n2ncc(-c3onc(-c4ccccc4Cl)c3CO)c2C(F)(F)F)C1. The highest BCUT2D eigenvalue weighted by Gasteiger charge is 2.43. The van der Waals surface area contributed by atoms with Crippen LogP contribution in [0, 0.1) is 5.92 Å². The van der Waals surface area contributed by atoms with E-state index < -0.39 is 18.5 Å². The van der Waals surface area contributed by atoms with Gasteiger partial charge in [-0.25, -0.2) is 0 Å². The molecule has 0 aliphatic heterocycles. The summed E-state index contributed by atoms with van der Waals surface area (Å²) in [5.41, 5.74) is -0.304. The molecule has 1 aliphatic carbocycles. The fraction of sp³-hybridized carbons (Fsp3) is 0.368. The molecule has 1 saturated carbocycles. The van der Waals surface area contributed by atoms with Crippen LogP contribution in [0.1, 0.15) is 37.1 Å². The van der Waals surface area contributed by atoms with Crippen molar-refractivity contribution in [1.29, 1.82) is 0 Å². The third-order valence-electron chi connectivity index (χ3n) is 5.08. The maximum atomic E-state index is 13.9. The highest BCUT2D eigenvalue weighted by molar-refractivity contribution is 6.33. The number of alkyl halides is 3. The molecule has 1 aliphatic rings. The molecule has 1 N–H and O–H groups in total. The number of aliphatic hydroxyl groups excluding tert-OH is 1. The molecular weight excluding hydrogens is 395 g/mol. The van der Waals surface area contributed by atoms with Gasteiger partial charge in [-0.2, -0.15) is 18.3 Å². The fourth-order valence-corrected chi connectivity index (χ4v) is 3.91. The van der Waals surface area contributed by atoms with Crippen molar-refractivity contribution in [2.75, 3.05) is 0 Å². The van der Waals surface area contributed by atoms with Crippen molar-refractivity contribution in [3.05, 3.63) is 46.7 Å². The minimum absolute atomic E-state index is 0.139. The number of halogens is 4. The lowest BCUT2D eigenvalue weighted by atomic mass is 9.82. The largest absolute Gasteiger partial charge is 0.433 e. The number of nitrogens with zero attached hydrogens (tertiary/aromatic N) is 3. The highest BCUT2D eigenvalue weighted by atomic mass is 35.5. The van der Waals surface area contributed by atoms with Crippen molar-refractivity contribution >= 4 is 11.6 Å². The number of hydrogen-bond acceptors (Lipinski definition) is 4. The molecule has 5 nitrogen and oxygen atoms in total. The van der Waals surface area contributed by atoms with Crippen LogP contribution in [0.4, 0.5) is 13.2 Å². The van der Waals surface area contributed by atoms with E-state index in [0.29, 0.717) is 29.3 Å². The van der Waals surface area contributed by atoms with Gasteiger partial charge >= 0.3 is 6.18 Å². The van der Waals surface area contributed by atoms with Crippen molar-refractivity contribution in [2.45, 2.75) is 38.6 Å². The Labute approximate surface area is 163 Å². The first-order valence-electron chi connectivity index (χ1n) is 8.80. The molecule has 0 bridgehead atoms. The summed E-state index contributed by atoms with van der Waals surface area (Å²) in [4.78, 5) is 0. The van der Waals surface area contributed by atoms with Gasteiger partial charge < -0.3 is 9.63 Å². The van der Waals surface area contributed by atoms with Crippen molar-refractivity contribution in [3.63, 3.8) is 0 Å². The third-order valence-corrected chi connectivity index (χ3v) is 5.41. The van der Waals surface area contributed by atoms with Crippen molar-refractivity contribution in [3.8, 4) is 22.6 Å². The molecule has 4 rings (SSSR count). The predicted octanol–water partition coefficient (Wildman–Crippen LogP) is 5.34. The molecule has 0 radical (unpaired) electrons. The number of rotatable bonds is 4. The van der Waals surface area contributed by atoms with Gasteiger partial charge in [-0.15, -0.1) is 0 Å². The van der Waals surface area contributed by atoms with E-state index in [1.807, 2.05) is 6.92 Å². The Morgan fingerprint density at radius 2 is 1.96 bits per heavy atom. The Hall–Kier alpha value is -2.32. The Balaban J connectivity index is 1.85. The molecule has 2 aromatic heterocycles. The second-order valence-corrected chi connectivity index (χ2v) is 7.46. The molecule has 0 atom stereocenters. The third kappa shape index (κ3) is 3.10. The zero-order chi connectivity index (χ0) is 20.1. The van der Waals surface area contributed by atoms with Crippen molar-refractivity contribution in [2.24, 2.45) is 5.92 Å². The molecule has 3 aromatic rings. The second-order valence-electron chi connectivity index (χ2n) is 7.06. The number of benzene rings is 1. The van der Waals surface area contributed by atoms with E-state index in [9.17, 15) is 18.3 Å². The molecule has 9 heteroatoms. The van der Waals surface area contributed by atoms with Crippen LogP contribution in [0.15, 0.2) is 35.0 Å². The maximum Gasteiger partial charge on any atom is 0.433 e. The number of hydrogen-bond donors (Lipinski definition) is 1. The standard InChI is InChI=1S/C19H17ClF3N3O2/c1-10-6-11(7-10)26-18(19(21,22)23)13(8-24-26)17-14(9-27)16(25-28-17)12-4-2-3-5-15(12)20/h2-5,8,10-11,27H,6-7,9H2,1H3. The Kier molecular flexibility index (Phi) is 4.71. The zero-order valence-corrected chi connectivity index (χ0v) is 15.6. The van der Waals surface area contributed by atoms with E-state index in [1.165, 1.54) is 0 Å². The Morgan fingerprint density at radius 1 is 1.25 bits per heavy atom. The molecule has 1 fully saturated rings. The molecule has 0 spiro atoms. The van der Waals surface area contributed by atoms with Gasteiger partial charge in [-0.05, 0) is 24.8 Å². The van der Waals surface area contributed by atoms with Crippen LogP contribution in [-0.4, -0.2) is 20.0 Å². The second kappa shape index (κ2) is 6.93. The lowest BCUT2D eigenvalue weighted by molar-refractivity contribution is -0.145. The minimum Gasteiger partial charge on any atom is -0.391 e. The molecule has 2 heterocycles. The van der Waals surface area contributed by atoms with Crippen LogP contribution in [0.2, 0.25) is 5.02 Å². The summed E-state index contributed by atoms with van der Waals surface area (Å²) in [7, 11) is 0. The maximum absolute atomic E-state index is 13.9. The fourth-order valence-electron chi connectivity index (χ4n) is 3.68. The summed E-state index contributed by atoms with van der Waals surface area (Å²) in [6.07, 6.45) is -2.23. The van der Waals surface area contributed by atoms with Gasteiger partial charge in [0.15, 0.2) is 11.5 Å². The summed E-state index contributed by atoms with van der Waals surface area (Å²) in [6, 6.07) is 6.42. The topological polar surface area (TPSA) is 64.1 Å². The average molecular weight is 412 g/mol. The summed E-state index contributed by atoms with van der Waals surface area (Å²) >= 11 is 6.17. The quantitative estimate of drug-likeness (QED) is 0.629. The molecule has 148 valence electrons. The van der Waals surface area contributed by atoms with Crippen LogP contribution in [-0.2, 0) is 12.8 Å². The first-order chi connectivity index (χ1) is 13.3. The van der Waals surface area contributed by atoms with E-state index in [2.05, 4.69) is 10.3 Å². The van der Waals surface area contributed by atoms with Gasteiger partial charge in [0, 0.05) is 5.56 Å². The summed E-state index contributed by atoms with van der Waals surface area (Å²) in [5, 5.41) is 18.1. The molecule has 0 unspecified atom stereocenters. The number of aliphatic hydroxyl groups is 1. The first-order valence-corrected chi connectivity index (χ1v) is 9.18. The van der Waals surface area contributed by atoms with Gasteiger partial charge in [0.25, 0.3) is 0 Å². The average Bonchev–Trinajstić information content (AvgIpc) is 3.22. The van der Waals surface area contributed by atoms with Crippen LogP contribution >= 0.6 is 11.6 Å². The lowest BCUT2D eigenvalue weighted by Crippen LogP contribution is -2.29. The first kappa shape index (κ1) is 19.0. The van der Waals surface area contributed by atoms with Crippen molar-refractivity contribution in [1.82, 2.24) is 14.9 Å². The van der Waals surface area contributed by atoms with Crippen LogP contribution in [0.5, 0.6) is 0 Å². The smallest absolute Gasteiger partial charge is 0.391 e. The van der Waals surface area contributed by atoms with Gasteiger partial charge in [0.2, 0.25) is 0 Å². The molecule has 0 saturated heterocycles. The van der Waals surface area contributed by atoms with Gasteiger partial charge in [0.05, 0.1) is 35.0 Å². The normalized spacial score (nSPS) is 19.6. The Bertz CT molecular complexity index is 1010. The summed E-state index contributed by atoms with van der Waals surface area (Å²) in [5.74, 6) is 0.215. The van der Waals surface area contributed by atoms with Crippen LogP contribution in [0.25, 0.3) is 22.6 Å². The van der Waals surface area contributed by atoms with Gasteiger partial charge in [-0.3, -0.25) is 4.68 Å². The zero-order valence-electron chi connectivity index (χ0n) is 14.9. The van der Waals surface area contributed by atoms with E-state index >= 15 is 0 Å². The Morgan fingerprint density at radius 3 is 2.57 bits per heavy atom. The van der Waals surface area contributed by atoms with Crippen molar-refractivity contribution < 1.29 is 22.8 Å². The van der Waals surface area contributed by atoms with Gasteiger partial charge in [-0.1, -0.05) is 41.9 Å². The summed E-state index contributed by atoms with van der Waals surface area (Å²) < 4.78 is 47.9. The molecule has 28 heavy (non-hydrogen) atoms. The molecule has 1 aromatic carbocycles.